The number of hydrogen-bond donors (Lipinski definition) is 0. The van der Waals surface area contributed by atoms with Crippen molar-refractivity contribution in [2.24, 2.45) is 7.05 Å². The molecule has 1 fully saturated rings. The minimum atomic E-state index is -3.83. The maximum absolute atomic E-state index is 13.4. The zero-order chi connectivity index (χ0) is 19.1. The van der Waals surface area contributed by atoms with Gasteiger partial charge in [-0.05, 0) is 32.0 Å². The van der Waals surface area contributed by atoms with Gasteiger partial charge in [-0.15, -0.1) is 0 Å². The highest BCUT2D eigenvalue weighted by Gasteiger charge is 2.29. The number of benzene rings is 1. The van der Waals surface area contributed by atoms with E-state index in [-0.39, 0.29) is 4.90 Å². The summed E-state index contributed by atoms with van der Waals surface area (Å²) in [4.78, 5) is 1.96. The first-order chi connectivity index (χ1) is 12.2. The normalized spacial score (nSPS) is 17.0. The number of sulfonamides is 1. The molecule has 0 spiro atoms. The van der Waals surface area contributed by atoms with E-state index in [1.165, 1.54) is 4.31 Å². The van der Waals surface area contributed by atoms with Crippen LogP contribution in [0.4, 0.5) is 8.78 Å². The minimum Gasteiger partial charge on any atom is -0.296 e. The van der Waals surface area contributed by atoms with Crippen molar-refractivity contribution in [1.82, 2.24) is 19.0 Å². The second-order valence-corrected chi connectivity index (χ2v) is 8.47. The number of rotatable bonds is 4. The molecule has 0 bridgehead atoms. The van der Waals surface area contributed by atoms with Crippen molar-refractivity contribution in [3.8, 4) is 0 Å². The van der Waals surface area contributed by atoms with E-state index in [2.05, 4.69) is 10.00 Å². The second-order valence-electron chi connectivity index (χ2n) is 6.53. The summed E-state index contributed by atoms with van der Waals surface area (Å²) >= 11 is 0. The molecule has 3 rings (SSSR count). The van der Waals surface area contributed by atoms with Gasteiger partial charge in [-0.3, -0.25) is 9.58 Å². The first-order valence-electron chi connectivity index (χ1n) is 8.37. The first-order valence-corrected chi connectivity index (χ1v) is 9.81. The molecular formula is C17H22F2N4O2S. The van der Waals surface area contributed by atoms with Crippen molar-refractivity contribution in [2.75, 3.05) is 26.2 Å². The summed E-state index contributed by atoms with van der Waals surface area (Å²) in [6.07, 6.45) is 0. The lowest BCUT2D eigenvalue weighted by atomic mass is 10.1. The first kappa shape index (κ1) is 18.9. The van der Waals surface area contributed by atoms with Crippen LogP contribution < -0.4 is 0 Å². The number of aryl methyl sites for hydroxylation is 2. The molecule has 0 saturated carbocycles. The van der Waals surface area contributed by atoms with Crippen molar-refractivity contribution < 1.29 is 17.2 Å². The van der Waals surface area contributed by atoms with Crippen LogP contribution in [0.1, 0.15) is 17.0 Å². The Hall–Kier alpha value is -1.84. The van der Waals surface area contributed by atoms with E-state index in [9.17, 15) is 17.2 Å². The van der Waals surface area contributed by atoms with Gasteiger partial charge in [-0.1, -0.05) is 0 Å². The van der Waals surface area contributed by atoms with Gasteiger partial charge in [-0.2, -0.15) is 9.40 Å². The van der Waals surface area contributed by atoms with E-state index >= 15 is 0 Å². The number of aromatic nitrogens is 2. The highest BCUT2D eigenvalue weighted by Crippen LogP contribution is 2.21. The fourth-order valence-corrected chi connectivity index (χ4v) is 4.62. The predicted octanol–water partition coefficient (Wildman–Crippen LogP) is 1.82. The smallest absolute Gasteiger partial charge is 0.243 e. The van der Waals surface area contributed by atoms with Gasteiger partial charge in [0.15, 0.2) is 11.6 Å². The molecule has 1 saturated heterocycles. The summed E-state index contributed by atoms with van der Waals surface area (Å²) in [5.74, 6) is -2.22. The largest absolute Gasteiger partial charge is 0.296 e. The summed E-state index contributed by atoms with van der Waals surface area (Å²) in [7, 11) is -1.93. The number of hydrogen-bond acceptors (Lipinski definition) is 4. The van der Waals surface area contributed by atoms with Crippen LogP contribution in [0.5, 0.6) is 0 Å². The van der Waals surface area contributed by atoms with E-state index in [0.717, 1.165) is 35.2 Å². The Bertz CT molecular complexity index is 919. The Morgan fingerprint density at radius 1 is 1.08 bits per heavy atom. The summed E-state index contributed by atoms with van der Waals surface area (Å²) in [5, 5.41) is 4.40. The van der Waals surface area contributed by atoms with Crippen LogP contribution in [-0.2, 0) is 23.6 Å². The molecule has 6 nitrogen and oxygen atoms in total. The second kappa shape index (κ2) is 7.05. The monoisotopic (exact) mass is 384 g/mol. The van der Waals surface area contributed by atoms with Crippen LogP contribution in [0, 0.1) is 25.5 Å². The van der Waals surface area contributed by atoms with Crippen LogP contribution in [0.15, 0.2) is 23.1 Å². The van der Waals surface area contributed by atoms with Crippen LogP contribution in [0.25, 0.3) is 0 Å². The van der Waals surface area contributed by atoms with Gasteiger partial charge in [0.1, 0.15) is 0 Å². The maximum Gasteiger partial charge on any atom is 0.243 e. The third-order valence-electron chi connectivity index (χ3n) is 4.90. The lowest BCUT2D eigenvalue weighted by Crippen LogP contribution is -2.48. The molecule has 26 heavy (non-hydrogen) atoms. The Balaban J connectivity index is 1.68. The predicted molar refractivity (Wildman–Crippen MR) is 93.1 cm³/mol. The van der Waals surface area contributed by atoms with Crippen molar-refractivity contribution in [3.63, 3.8) is 0 Å². The van der Waals surface area contributed by atoms with Crippen LogP contribution in [-0.4, -0.2) is 53.6 Å². The SMILES string of the molecule is Cc1nn(C)c(C)c1CN1CCN(S(=O)(=O)c2ccc(F)c(F)c2)CC1. The van der Waals surface area contributed by atoms with Gasteiger partial charge in [0.05, 0.1) is 10.6 Å². The van der Waals surface area contributed by atoms with E-state index in [4.69, 9.17) is 0 Å². The number of nitrogens with zero attached hydrogens (tertiary/aromatic N) is 4. The lowest BCUT2D eigenvalue weighted by Gasteiger charge is -2.34. The molecule has 0 aliphatic carbocycles. The standard InChI is InChI=1S/C17H22F2N4O2S/c1-12-15(13(2)21(3)20-12)11-22-6-8-23(9-7-22)26(24,25)14-4-5-16(18)17(19)10-14/h4-5,10H,6-9,11H2,1-3H3. The molecule has 0 amide bonds. The van der Waals surface area contributed by atoms with E-state index in [0.29, 0.717) is 32.7 Å². The Morgan fingerprint density at radius 2 is 1.73 bits per heavy atom. The molecule has 1 aliphatic heterocycles. The zero-order valence-electron chi connectivity index (χ0n) is 15.0. The molecule has 0 N–H and O–H groups in total. The topological polar surface area (TPSA) is 58.4 Å². The third kappa shape index (κ3) is 3.51. The zero-order valence-corrected chi connectivity index (χ0v) is 15.9. The van der Waals surface area contributed by atoms with E-state index < -0.39 is 21.7 Å². The summed E-state index contributed by atoms with van der Waals surface area (Å²) in [6.45, 7) is 6.43. The van der Waals surface area contributed by atoms with Crippen molar-refractivity contribution in [1.29, 1.82) is 0 Å². The average Bonchev–Trinajstić information content (AvgIpc) is 2.84. The molecule has 142 valence electrons. The highest BCUT2D eigenvalue weighted by atomic mass is 32.2. The lowest BCUT2D eigenvalue weighted by molar-refractivity contribution is 0.181. The van der Waals surface area contributed by atoms with Gasteiger partial charge < -0.3 is 0 Å². The fourth-order valence-electron chi connectivity index (χ4n) is 3.18. The van der Waals surface area contributed by atoms with E-state index in [1.807, 2.05) is 25.6 Å². The van der Waals surface area contributed by atoms with Gasteiger partial charge in [0, 0.05) is 51.0 Å². The van der Waals surface area contributed by atoms with Crippen molar-refractivity contribution >= 4 is 10.0 Å². The molecule has 0 radical (unpaired) electrons. The Kier molecular flexibility index (Phi) is 5.14. The van der Waals surface area contributed by atoms with Gasteiger partial charge in [0.25, 0.3) is 0 Å². The molecular weight excluding hydrogens is 362 g/mol. The molecule has 9 heteroatoms. The molecule has 2 aromatic rings. The number of halogens is 2. The molecule has 1 aliphatic rings. The quantitative estimate of drug-likeness (QED) is 0.807. The van der Waals surface area contributed by atoms with Gasteiger partial charge in [0.2, 0.25) is 10.0 Å². The van der Waals surface area contributed by atoms with Gasteiger partial charge in [-0.25, -0.2) is 17.2 Å². The summed E-state index contributed by atoms with van der Waals surface area (Å²) in [5.41, 5.74) is 3.23. The fraction of sp³-hybridized carbons (Fsp3) is 0.471. The average molecular weight is 384 g/mol. The Labute approximate surface area is 152 Å². The van der Waals surface area contributed by atoms with Crippen LogP contribution in [0.2, 0.25) is 0 Å². The maximum atomic E-state index is 13.4. The molecule has 1 aromatic heterocycles. The summed E-state index contributed by atoms with van der Waals surface area (Å²) in [6, 6.07) is 2.67. The van der Waals surface area contributed by atoms with Crippen molar-refractivity contribution in [3.05, 3.63) is 46.8 Å². The molecule has 1 aromatic carbocycles. The minimum absolute atomic E-state index is 0.219. The number of piperazine rings is 1. The molecule has 0 atom stereocenters. The molecule has 2 heterocycles. The Morgan fingerprint density at radius 3 is 2.27 bits per heavy atom. The van der Waals surface area contributed by atoms with E-state index in [1.54, 1.807) is 0 Å². The highest BCUT2D eigenvalue weighted by molar-refractivity contribution is 7.89. The third-order valence-corrected chi connectivity index (χ3v) is 6.80. The van der Waals surface area contributed by atoms with Crippen LogP contribution in [0.3, 0.4) is 0 Å². The van der Waals surface area contributed by atoms with Crippen LogP contribution >= 0.6 is 0 Å². The molecule has 0 unspecified atom stereocenters. The van der Waals surface area contributed by atoms with Crippen molar-refractivity contribution in [2.45, 2.75) is 25.3 Å². The summed E-state index contributed by atoms with van der Waals surface area (Å²) < 4.78 is 54.9. The van der Waals surface area contributed by atoms with Gasteiger partial charge >= 0.3 is 0 Å².